The molecule has 0 radical (unpaired) electrons. The van der Waals surface area contributed by atoms with Crippen LogP contribution in [0.2, 0.25) is 0 Å². The molecule has 0 saturated carbocycles. The fraction of sp³-hybridized carbons (Fsp3) is 0.455. The van der Waals surface area contributed by atoms with E-state index in [2.05, 4.69) is 0 Å². The Morgan fingerprint density at radius 3 is 2.53 bits per heavy atom. The number of anilines is 1. The summed E-state index contributed by atoms with van der Waals surface area (Å²) in [6.45, 7) is 0.956. The van der Waals surface area contributed by atoms with Gasteiger partial charge in [-0.2, -0.15) is 13.2 Å². The zero-order valence-corrected chi connectivity index (χ0v) is 9.98. The van der Waals surface area contributed by atoms with Gasteiger partial charge in [0.15, 0.2) is 0 Å². The van der Waals surface area contributed by atoms with Gasteiger partial charge in [0, 0.05) is 32.0 Å². The van der Waals surface area contributed by atoms with Crippen molar-refractivity contribution < 1.29 is 22.8 Å². The third-order valence-electron chi connectivity index (χ3n) is 3.03. The lowest BCUT2D eigenvalue weighted by atomic mass is 10.1. The van der Waals surface area contributed by atoms with Crippen molar-refractivity contribution in [3.8, 4) is 0 Å². The van der Waals surface area contributed by atoms with Crippen LogP contribution in [0.3, 0.4) is 0 Å². The lowest BCUT2D eigenvalue weighted by molar-refractivity contribution is -0.388. The molecular formula is C11H11F3N2O3. The highest BCUT2D eigenvalue weighted by Gasteiger charge is 2.39. The third kappa shape index (κ3) is 2.62. The predicted octanol–water partition coefficient (Wildman–Crippen LogP) is 2.45. The zero-order valence-electron chi connectivity index (χ0n) is 9.98. The Balaban J connectivity index is 2.32. The maximum absolute atomic E-state index is 12.8. The summed E-state index contributed by atoms with van der Waals surface area (Å²) in [5.74, 6) is 0. The first-order valence-corrected chi connectivity index (χ1v) is 5.46. The van der Waals surface area contributed by atoms with Crippen LogP contribution in [0.1, 0.15) is 5.56 Å². The molecule has 0 amide bonds. The molecule has 1 aromatic carbocycles. The molecule has 0 N–H and O–H groups in total. The SMILES string of the molecule is COC1CN(c2ccc([N+](=O)[O-])c(C(F)(F)F)c2)C1. The molecule has 1 fully saturated rings. The van der Waals surface area contributed by atoms with Crippen LogP contribution in [0.15, 0.2) is 18.2 Å². The van der Waals surface area contributed by atoms with Crippen molar-refractivity contribution >= 4 is 11.4 Å². The molecule has 1 aliphatic heterocycles. The maximum Gasteiger partial charge on any atom is 0.423 e. The highest BCUT2D eigenvalue weighted by Crippen LogP contribution is 2.39. The summed E-state index contributed by atoms with van der Waals surface area (Å²) in [4.78, 5) is 11.3. The van der Waals surface area contributed by atoms with E-state index in [4.69, 9.17) is 4.74 Å². The Hall–Kier alpha value is -1.83. The first-order chi connectivity index (χ1) is 8.82. The van der Waals surface area contributed by atoms with Crippen molar-refractivity contribution in [1.29, 1.82) is 0 Å². The Morgan fingerprint density at radius 2 is 2.05 bits per heavy atom. The van der Waals surface area contributed by atoms with Crippen LogP contribution in [0.25, 0.3) is 0 Å². The van der Waals surface area contributed by atoms with E-state index in [-0.39, 0.29) is 6.10 Å². The predicted molar refractivity (Wildman–Crippen MR) is 61.1 cm³/mol. The third-order valence-corrected chi connectivity index (χ3v) is 3.03. The van der Waals surface area contributed by atoms with Crippen LogP contribution in [0.4, 0.5) is 24.5 Å². The molecule has 0 aromatic heterocycles. The molecule has 8 heteroatoms. The summed E-state index contributed by atoms with van der Waals surface area (Å²) in [6, 6.07) is 3.02. The van der Waals surface area contributed by atoms with Crippen molar-refractivity contribution in [2.75, 3.05) is 25.1 Å². The average molecular weight is 276 g/mol. The van der Waals surface area contributed by atoms with Gasteiger partial charge in [0.05, 0.1) is 11.0 Å². The zero-order chi connectivity index (χ0) is 14.2. The summed E-state index contributed by atoms with van der Waals surface area (Å²) >= 11 is 0. The number of ether oxygens (including phenoxy) is 1. The van der Waals surface area contributed by atoms with Crippen molar-refractivity contribution in [2.45, 2.75) is 12.3 Å². The molecule has 104 valence electrons. The number of benzene rings is 1. The van der Waals surface area contributed by atoms with Gasteiger partial charge in [0.2, 0.25) is 0 Å². The van der Waals surface area contributed by atoms with Gasteiger partial charge >= 0.3 is 6.18 Å². The second-order valence-corrected chi connectivity index (χ2v) is 4.22. The first kappa shape index (κ1) is 13.6. The van der Waals surface area contributed by atoms with Crippen LogP contribution in [0, 0.1) is 10.1 Å². The normalized spacial score (nSPS) is 16.3. The van der Waals surface area contributed by atoms with Crippen molar-refractivity contribution in [3.63, 3.8) is 0 Å². The summed E-state index contributed by atoms with van der Waals surface area (Å²) in [6.07, 6.45) is -4.76. The van der Waals surface area contributed by atoms with E-state index >= 15 is 0 Å². The van der Waals surface area contributed by atoms with Gasteiger partial charge in [0.1, 0.15) is 5.56 Å². The van der Waals surface area contributed by atoms with Gasteiger partial charge in [-0.25, -0.2) is 0 Å². The van der Waals surface area contributed by atoms with E-state index in [1.54, 1.807) is 4.90 Å². The molecule has 1 aliphatic rings. The summed E-state index contributed by atoms with van der Waals surface area (Å²) in [7, 11) is 1.53. The number of rotatable bonds is 3. The fourth-order valence-corrected chi connectivity index (χ4v) is 1.91. The summed E-state index contributed by atoms with van der Waals surface area (Å²) in [5, 5.41) is 10.6. The van der Waals surface area contributed by atoms with Gasteiger partial charge in [-0.3, -0.25) is 10.1 Å². The van der Waals surface area contributed by atoms with Gasteiger partial charge in [-0.05, 0) is 12.1 Å². The number of hydrogen-bond donors (Lipinski definition) is 0. The molecule has 0 unspecified atom stereocenters. The van der Waals surface area contributed by atoms with Gasteiger partial charge < -0.3 is 9.64 Å². The molecule has 1 aromatic rings. The molecule has 2 rings (SSSR count). The van der Waals surface area contributed by atoms with Gasteiger partial charge in [-0.15, -0.1) is 0 Å². The van der Waals surface area contributed by atoms with Crippen LogP contribution >= 0.6 is 0 Å². The monoisotopic (exact) mass is 276 g/mol. The Labute approximate surface area is 106 Å². The number of nitrogens with zero attached hydrogens (tertiary/aromatic N) is 2. The smallest absolute Gasteiger partial charge is 0.378 e. The Morgan fingerprint density at radius 1 is 1.42 bits per heavy atom. The molecular weight excluding hydrogens is 265 g/mol. The van der Waals surface area contributed by atoms with Crippen LogP contribution in [0.5, 0.6) is 0 Å². The topological polar surface area (TPSA) is 55.6 Å². The standard InChI is InChI=1S/C11H11F3N2O3/c1-19-8-5-15(6-8)7-2-3-10(16(17)18)9(4-7)11(12,13)14/h2-4,8H,5-6H2,1H3. The number of nitro groups is 1. The number of alkyl halides is 3. The Kier molecular flexibility index (Phi) is 3.36. The highest BCUT2D eigenvalue weighted by molar-refractivity contribution is 5.58. The van der Waals surface area contributed by atoms with Gasteiger partial charge in [0.25, 0.3) is 5.69 Å². The molecule has 0 spiro atoms. The molecule has 0 atom stereocenters. The second-order valence-electron chi connectivity index (χ2n) is 4.22. The summed E-state index contributed by atoms with van der Waals surface area (Å²) < 4.78 is 43.3. The average Bonchev–Trinajstić information content (AvgIpc) is 2.26. The molecule has 19 heavy (non-hydrogen) atoms. The second kappa shape index (κ2) is 4.69. The maximum atomic E-state index is 12.8. The van der Waals surface area contributed by atoms with Crippen molar-refractivity contribution in [1.82, 2.24) is 0 Å². The minimum Gasteiger partial charge on any atom is -0.378 e. The highest BCUT2D eigenvalue weighted by atomic mass is 19.4. The van der Waals surface area contributed by atoms with Crippen molar-refractivity contribution in [2.24, 2.45) is 0 Å². The molecule has 0 bridgehead atoms. The lowest BCUT2D eigenvalue weighted by Crippen LogP contribution is -2.51. The molecule has 1 saturated heterocycles. The number of methoxy groups -OCH3 is 1. The number of halogens is 3. The van der Waals surface area contributed by atoms with Gasteiger partial charge in [-0.1, -0.05) is 0 Å². The first-order valence-electron chi connectivity index (χ1n) is 5.46. The minimum absolute atomic E-state index is 0.00970. The van der Waals surface area contributed by atoms with Crippen molar-refractivity contribution in [3.05, 3.63) is 33.9 Å². The molecule has 5 nitrogen and oxygen atoms in total. The van der Waals surface area contributed by atoms with Crippen LogP contribution in [-0.2, 0) is 10.9 Å². The van der Waals surface area contributed by atoms with Crippen LogP contribution in [-0.4, -0.2) is 31.2 Å². The van der Waals surface area contributed by atoms with E-state index in [0.717, 1.165) is 12.1 Å². The van der Waals surface area contributed by atoms with E-state index in [9.17, 15) is 23.3 Å². The number of nitro benzene ring substituents is 1. The van der Waals surface area contributed by atoms with E-state index in [0.29, 0.717) is 18.8 Å². The van der Waals surface area contributed by atoms with E-state index in [1.807, 2.05) is 0 Å². The lowest BCUT2D eigenvalue weighted by Gasteiger charge is -2.40. The quantitative estimate of drug-likeness (QED) is 0.628. The van der Waals surface area contributed by atoms with E-state index < -0.39 is 22.4 Å². The molecule has 0 aliphatic carbocycles. The largest absolute Gasteiger partial charge is 0.423 e. The van der Waals surface area contributed by atoms with E-state index in [1.165, 1.54) is 13.2 Å². The van der Waals surface area contributed by atoms with Crippen LogP contribution < -0.4 is 4.90 Å². The number of hydrogen-bond acceptors (Lipinski definition) is 4. The minimum atomic E-state index is -4.75. The summed E-state index contributed by atoms with van der Waals surface area (Å²) in [5.41, 5.74) is -1.85. The molecule has 1 heterocycles. The fourth-order valence-electron chi connectivity index (χ4n) is 1.91. The Bertz CT molecular complexity index is 498.